The third-order valence-electron chi connectivity index (χ3n) is 6.91. The summed E-state index contributed by atoms with van der Waals surface area (Å²) < 4.78 is 36.1. The molecule has 3 aromatic heterocycles. The van der Waals surface area contributed by atoms with Crippen molar-refractivity contribution in [3.63, 3.8) is 0 Å². The monoisotopic (exact) mass is 509 g/mol. The lowest BCUT2D eigenvalue weighted by Crippen LogP contribution is -2.49. The van der Waals surface area contributed by atoms with Crippen LogP contribution in [0.4, 0.5) is 14.6 Å². The third-order valence-corrected chi connectivity index (χ3v) is 6.91. The number of ether oxygens (including phenoxy) is 1. The second kappa shape index (κ2) is 9.23. The molecule has 0 aliphatic carbocycles. The Morgan fingerprint density at radius 2 is 1.97 bits per heavy atom. The van der Waals surface area contributed by atoms with Gasteiger partial charge in [-0.15, -0.1) is 6.42 Å². The molecule has 9 heteroatoms. The van der Waals surface area contributed by atoms with Gasteiger partial charge in [0.15, 0.2) is 5.82 Å². The largest absolute Gasteiger partial charge is 0.508 e. The quantitative estimate of drug-likeness (QED) is 0.333. The fourth-order valence-electron chi connectivity index (χ4n) is 5.00. The Hall–Kier alpha value is -4.84. The van der Waals surface area contributed by atoms with Crippen LogP contribution in [0, 0.1) is 24.0 Å². The lowest BCUT2D eigenvalue weighted by molar-refractivity contribution is 0.381. The molecule has 1 unspecified atom stereocenters. The van der Waals surface area contributed by atoms with Crippen LogP contribution in [0.3, 0.4) is 0 Å². The number of anilines is 1. The van der Waals surface area contributed by atoms with E-state index in [1.807, 2.05) is 12.1 Å². The molecule has 1 atom stereocenters. The van der Waals surface area contributed by atoms with E-state index in [4.69, 9.17) is 16.1 Å². The Morgan fingerprint density at radius 1 is 1.16 bits per heavy atom. The van der Waals surface area contributed by atoms with Gasteiger partial charge < -0.3 is 14.7 Å². The molecule has 38 heavy (non-hydrogen) atoms. The maximum atomic E-state index is 16.2. The first kappa shape index (κ1) is 23.6. The molecule has 7 nitrogen and oxygen atoms in total. The molecular formula is C29H21F2N5O2. The lowest BCUT2D eigenvalue weighted by atomic mass is 9.94. The number of phenolic OH excluding ortho intramolecular Hbond substituents is 1. The zero-order chi connectivity index (χ0) is 26.4. The average Bonchev–Trinajstić information content (AvgIpc) is 2.92. The molecule has 188 valence electrons. The van der Waals surface area contributed by atoms with Crippen molar-refractivity contribution < 1.29 is 18.6 Å². The van der Waals surface area contributed by atoms with Crippen molar-refractivity contribution in [2.75, 3.05) is 18.6 Å². The van der Waals surface area contributed by atoms with E-state index in [1.54, 1.807) is 12.4 Å². The summed E-state index contributed by atoms with van der Waals surface area (Å²) in [6, 6.07) is 9.51. The number of fused-ring (bicyclic) bond motifs is 2. The van der Waals surface area contributed by atoms with E-state index in [9.17, 15) is 9.50 Å². The second-order valence-corrected chi connectivity index (χ2v) is 9.07. The zero-order valence-corrected chi connectivity index (χ0v) is 20.3. The Morgan fingerprint density at radius 3 is 2.68 bits per heavy atom. The summed E-state index contributed by atoms with van der Waals surface area (Å²) in [6.45, 7) is 0.694. The number of hydrogen-bond acceptors (Lipinski definition) is 7. The highest BCUT2D eigenvalue weighted by Gasteiger charge is 2.33. The van der Waals surface area contributed by atoms with E-state index >= 15 is 4.39 Å². The number of methoxy groups -OCH3 is 1. The van der Waals surface area contributed by atoms with Crippen molar-refractivity contribution >= 4 is 27.5 Å². The molecule has 2 aromatic carbocycles. The number of halogens is 2. The van der Waals surface area contributed by atoms with Crippen LogP contribution in [0.15, 0.2) is 55.0 Å². The summed E-state index contributed by atoms with van der Waals surface area (Å²) in [5, 5.41) is 11.6. The summed E-state index contributed by atoms with van der Waals surface area (Å²) in [6.07, 6.45) is 12.3. The molecular weight excluding hydrogens is 488 g/mol. The van der Waals surface area contributed by atoms with Gasteiger partial charge in [0.2, 0.25) is 0 Å². The molecule has 6 rings (SSSR count). The molecule has 0 bridgehead atoms. The highest BCUT2D eigenvalue weighted by Crippen LogP contribution is 2.41. The molecule has 1 aliphatic rings. The summed E-state index contributed by atoms with van der Waals surface area (Å²) >= 11 is 0. The Balaban J connectivity index is 1.60. The molecule has 5 aromatic rings. The molecule has 1 aliphatic heterocycles. The molecule has 1 N–H and O–H groups in total. The number of hydrogen-bond donors (Lipinski definition) is 1. The first-order chi connectivity index (χ1) is 18.5. The minimum atomic E-state index is -0.755. The van der Waals surface area contributed by atoms with E-state index in [-0.39, 0.29) is 45.5 Å². The average molecular weight is 510 g/mol. The maximum absolute atomic E-state index is 16.2. The van der Waals surface area contributed by atoms with Crippen molar-refractivity contribution in [1.29, 1.82) is 0 Å². The highest BCUT2D eigenvalue weighted by molar-refractivity contribution is 6.03. The van der Waals surface area contributed by atoms with Crippen molar-refractivity contribution in [2.45, 2.75) is 18.9 Å². The summed E-state index contributed by atoms with van der Waals surface area (Å²) in [5.41, 5.74) is 1.14. The maximum Gasteiger partial charge on any atom is 0.316 e. The van der Waals surface area contributed by atoms with E-state index in [1.165, 1.54) is 37.6 Å². The number of terminal acetylenes is 1. The van der Waals surface area contributed by atoms with Crippen molar-refractivity contribution in [3.8, 4) is 35.4 Å². The summed E-state index contributed by atoms with van der Waals surface area (Å²) in [4.78, 5) is 19.4. The minimum absolute atomic E-state index is 0.00145. The lowest BCUT2D eigenvalue weighted by Gasteiger charge is -2.42. The van der Waals surface area contributed by atoms with E-state index in [0.29, 0.717) is 23.1 Å². The second-order valence-electron chi connectivity index (χ2n) is 9.07. The Bertz CT molecular complexity index is 1750. The van der Waals surface area contributed by atoms with Gasteiger partial charge >= 0.3 is 6.01 Å². The highest BCUT2D eigenvalue weighted by atomic mass is 19.1. The number of nitrogens with zero attached hydrogens (tertiary/aromatic N) is 5. The normalized spacial score (nSPS) is 14.9. The third kappa shape index (κ3) is 3.82. The van der Waals surface area contributed by atoms with Crippen LogP contribution in [0.2, 0.25) is 0 Å². The first-order valence-electron chi connectivity index (χ1n) is 12.0. The van der Waals surface area contributed by atoms with Gasteiger partial charge in [0.1, 0.15) is 28.6 Å². The van der Waals surface area contributed by atoms with Crippen LogP contribution in [0.25, 0.3) is 32.9 Å². The van der Waals surface area contributed by atoms with Gasteiger partial charge in [-0.25, -0.2) is 18.7 Å². The molecule has 0 spiro atoms. The standard InChI is InChI=1S/C29H21F2N5O2/c1-3-20-23(30)5-4-17-13-19(37)14-21(24(17)20)26-25(31)27-22(15-33-29(35-27)38-2)28(34-26)36-11-8-18(36)12-16-6-9-32-10-7-16/h1,4-7,9-10,13-15,18,37H,8,11-12H2,2H3. The fourth-order valence-corrected chi connectivity index (χ4v) is 5.00. The Labute approximate surface area is 216 Å². The summed E-state index contributed by atoms with van der Waals surface area (Å²) in [7, 11) is 1.40. The van der Waals surface area contributed by atoms with Crippen LogP contribution >= 0.6 is 0 Å². The summed E-state index contributed by atoms with van der Waals surface area (Å²) in [5.74, 6) is 1.34. The number of rotatable bonds is 5. The number of pyridine rings is 2. The number of aromatic hydroxyl groups is 1. The molecule has 4 heterocycles. The van der Waals surface area contributed by atoms with Gasteiger partial charge in [-0.3, -0.25) is 4.98 Å². The molecule has 0 saturated carbocycles. The van der Waals surface area contributed by atoms with Gasteiger partial charge in [-0.2, -0.15) is 4.98 Å². The van der Waals surface area contributed by atoms with Crippen LogP contribution in [0.5, 0.6) is 11.8 Å². The number of aromatic nitrogens is 4. The van der Waals surface area contributed by atoms with E-state index in [0.717, 1.165) is 18.4 Å². The minimum Gasteiger partial charge on any atom is -0.508 e. The van der Waals surface area contributed by atoms with Gasteiger partial charge in [0.05, 0.1) is 18.1 Å². The van der Waals surface area contributed by atoms with Crippen LogP contribution in [-0.2, 0) is 6.42 Å². The van der Waals surface area contributed by atoms with Crippen LogP contribution in [-0.4, -0.2) is 44.7 Å². The Kier molecular flexibility index (Phi) is 5.72. The van der Waals surface area contributed by atoms with Crippen molar-refractivity contribution in [2.24, 2.45) is 0 Å². The van der Waals surface area contributed by atoms with Gasteiger partial charge in [-0.05, 0) is 54.1 Å². The topological polar surface area (TPSA) is 84.3 Å². The first-order valence-corrected chi connectivity index (χ1v) is 12.0. The van der Waals surface area contributed by atoms with Gasteiger partial charge in [0, 0.05) is 42.1 Å². The smallest absolute Gasteiger partial charge is 0.316 e. The number of phenols is 1. The predicted molar refractivity (Wildman–Crippen MR) is 140 cm³/mol. The molecule has 0 amide bonds. The molecule has 1 saturated heterocycles. The predicted octanol–water partition coefficient (Wildman–Crippen LogP) is 5.04. The zero-order valence-electron chi connectivity index (χ0n) is 20.3. The molecule has 0 radical (unpaired) electrons. The van der Waals surface area contributed by atoms with Crippen LogP contribution < -0.4 is 9.64 Å². The van der Waals surface area contributed by atoms with E-state index < -0.39 is 11.6 Å². The number of benzene rings is 2. The van der Waals surface area contributed by atoms with Crippen LogP contribution in [0.1, 0.15) is 17.5 Å². The van der Waals surface area contributed by atoms with Crippen molar-refractivity contribution in [1.82, 2.24) is 19.9 Å². The van der Waals surface area contributed by atoms with Gasteiger partial charge in [0.25, 0.3) is 0 Å². The van der Waals surface area contributed by atoms with Crippen molar-refractivity contribution in [3.05, 3.63) is 77.8 Å². The molecule has 1 fully saturated rings. The fraction of sp³-hybridized carbons (Fsp3) is 0.172. The van der Waals surface area contributed by atoms with Gasteiger partial charge in [-0.1, -0.05) is 12.0 Å². The SMILES string of the molecule is C#Cc1c(F)ccc2cc(O)cc(-c3nc(N4CCC4Cc4ccncc4)c4cnc(OC)nc4c3F)c12. The van der Waals surface area contributed by atoms with E-state index in [2.05, 4.69) is 25.8 Å².